The third kappa shape index (κ3) is 3.85. The van der Waals surface area contributed by atoms with Crippen LogP contribution in [-0.2, 0) is 22.7 Å². The average Bonchev–Trinajstić information content (AvgIpc) is 3.33. The summed E-state index contributed by atoms with van der Waals surface area (Å²) in [5, 5.41) is 12.6. The molecule has 4 rings (SSSR count). The van der Waals surface area contributed by atoms with E-state index in [1.54, 1.807) is 16.0 Å². The Morgan fingerprint density at radius 2 is 2.15 bits per heavy atom. The maximum absolute atomic E-state index is 12.8. The normalized spacial score (nSPS) is 20.0. The zero-order valence-corrected chi connectivity index (χ0v) is 16.2. The van der Waals surface area contributed by atoms with E-state index in [1.807, 2.05) is 18.2 Å². The summed E-state index contributed by atoms with van der Waals surface area (Å²) < 4.78 is 8.48. The van der Waals surface area contributed by atoms with Crippen LogP contribution in [0.5, 0.6) is 0 Å². The number of thiazole rings is 1. The van der Waals surface area contributed by atoms with Crippen LogP contribution in [0.4, 0.5) is 0 Å². The van der Waals surface area contributed by atoms with Crippen LogP contribution in [0, 0.1) is 5.92 Å². The molecule has 0 saturated heterocycles. The molecule has 2 heterocycles. The number of esters is 1. The van der Waals surface area contributed by atoms with E-state index in [2.05, 4.69) is 28.5 Å². The van der Waals surface area contributed by atoms with Gasteiger partial charge in [-0.1, -0.05) is 31.9 Å². The first-order chi connectivity index (χ1) is 13.3. The number of fused-ring (bicyclic) bond motifs is 1. The number of benzene rings is 1. The smallest absolute Gasteiger partial charge is 0.310 e. The van der Waals surface area contributed by atoms with Crippen molar-refractivity contribution in [2.24, 2.45) is 5.92 Å². The van der Waals surface area contributed by atoms with Gasteiger partial charge in [0.1, 0.15) is 0 Å². The van der Waals surface area contributed by atoms with Gasteiger partial charge in [-0.05, 0) is 41.8 Å². The number of aryl methyl sites for hydroxylation is 1. The molecule has 0 bridgehead atoms. The predicted octanol–water partition coefficient (Wildman–Crippen LogP) is 3.71. The lowest BCUT2D eigenvalue weighted by Gasteiger charge is -2.28. The van der Waals surface area contributed by atoms with Crippen molar-refractivity contribution < 1.29 is 9.53 Å². The number of ether oxygens (including phenoxy) is 1. The number of aromatic nitrogens is 5. The van der Waals surface area contributed by atoms with E-state index in [1.165, 1.54) is 4.70 Å². The van der Waals surface area contributed by atoms with Crippen molar-refractivity contribution in [1.82, 2.24) is 25.2 Å². The monoisotopic (exact) mass is 385 g/mol. The van der Waals surface area contributed by atoms with Gasteiger partial charge in [0.2, 0.25) is 0 Å². The molecule has 8 heteroatoms. The first kappa shape index (κ1) is 18.0. The SMILES string of the molecule is CCCn1nnnc1COC(=O)C1CCCCC1c1nc2ccccc2s1. The molecule has 0 amide bonds. The van der Waals surface area contributed by atoms with E-state index in [4.69, 9.17) is 9.72 Å². The minimum absolute atomic E-state index is 0.120. The van der Waals surface area contributed by atoms with Crippen LogP contribution in [0.15, 0.2) is 24.3 Å². The van der Waals surface area contributed by atoms with Crippen molar-refractivity contribution in [3.63, 3.8) is 0 Å². The fourth-order valence-corrected chi connectivity index (χ4v) is 4.88. The van der Waals surface area contributed by atoms with Crippen LogP contribution in [0.25, 0.3) is 10.2 Å². The van der Waals surface area contributed by atoms with E-state index in [0.29, 0.717) is 5.82 Å². The Hall–Kier alpha value is -2.35. The molecule has 142 valence electrons. The number of carbonyl (C=O) groups is 1. The molecule has 0 spiro atoms. The summed E-state index contributed by atoms with van der Waals surface area (Å²) in [5.41, 5.74) is 1.01. The fourth-order valence-electron chi connectivity index (χ4n) is 3.71. The first-order valence-electron chi connectivity index (χ1n) is 9.53. The lowest BCUT2D eigenvalue weighted by atomic mass is 9.79. The molecule has 0 aliphatic heterocycles. The summed E-state index contributed by atoms with van der Waals surface area (Å²) in [4.78, 5) is 17.6. The van der Waals surface area contributed by atoms with Gasteiger partial charge in [0, 0.05) is 12.5 Å². The van der Waals surface area contributed by atoms with Crippen LogP contribution < -0.4 is 0 Å². The lowest BCUT2D eigenvalue weighted by molar-refractivity contribution is -0.152. The van der Waals surface area contributed by atoms with E-state index in [0.717, 1.165) is 49.2 Å². The van der Waals surface area contributed by atoms with Gasteiger partial charge >= 0.3 is 5.97 Å². The minimum atomic E-state index is -0.162. The van der Waals surface area contributed by atoms with Gasteiger partial charge in [-0.3, -0.25) is 4.79 Å². The predicted molar refractivity (Wildman–Crippen MR) is 102 cm³/mol. The van der Waals surface area contributed by atoms with Gasteiger partial charge in [-0.2, -0.15) is 0 Å². The van der Waals surface area contributed by atoms with Gasteiger partial charge in [0.25, 0.3) is 0 Å². The molecule has 1 aliphatic carbocycles. The Morgan fingerprint density at radius 1 is 1.30 bits per heavy atom. The van der Waals surface area contributed by atoms with Crippen LogP contribution in [0.3, 0.4) is 0 Å². The number of hydrogen-bond acceptors (Lipinski definition) is 7. The standard InChI is InChI=1S/C19H23N5O2S/c1-2-11-24-17(21-22-23-24)12-26-19(25)14-8-4-3-7-13(14)18-20-15-9-5-6-10-16(15)27-18/h5-6,9-10,13-14H,2-4,7-8,11-12H2,1H3. The molecule has 27 heavy (non-hydrogen) atoms. The highest BCUT2D eigenvalue weighted by Gasteiger charge is 2.35. The molecule has 0 radical (unpaired) electrons. The number of nitrogens with zero attached hydrogens (tertiary/aromatic N) is 5. The summed E-state index contributed by atoms with van der Waals surface area (Å²) in [5.74, 6) is 0.424. The second-order valence-corrected chi connectivity index (χ2v) is 8.01. The van der Waals surface area contributed by atoms with Gasteiger partial charge in [0.05, 0.1) is 21.1 Å². The molecule has 7 nitrogen and oxygen atoms in total. The third-order valence-corrected chi connectivity index (χ3v) is 6.25. The number of tetrazole rings is 1. The molecule has 1 saturated carbocycles. The Morgan fingerprint density at radius 3 is 3.00 bits per heavy atom. The second kappa shape index (κ2) is 8.12. The summed E-state index contributed by atoms with van der Waals surface area (Å²) in [6.45, 7) is 2.90. The molecule has 1 aromatic carbocycles. The maximum atomic E-state index is 12.8. The highest BCUT2D eigenvalue weighted by molar-refractivity contribution is 7.18. The van der Waals surface area contributed by atoms with E-state index in [-0.39, 0.29) is 24.4 Å². The van der Waals surface area contributed by atoms with Crippen LogP contribution in [-0.4, -0.2) is 31.2 Å². The van der Waals surface area contributed by atoms with Crippen LogP contribution in [0.1, 0.15) is 55.8 Å². The summed E-state index contributed by atoms with van der Waals surface area (Å²) >= 11 is 1.69. The maximum Gasteiger partial charge on any atom is 0.310 e. The summed E-state index contributed by atoms with van der Waals surface area (Å²) in [6.07, 6.45) is 4.93. The Labute approximate surface area is 161 Å². The first-order valence-corrected chi connectivity index (χ1v) is 10.3. The number of hydrogen-bond donors (Lipinski definition) is 0. The van der Waals surface area contributed by atoms with Gasteiger partial charge in [-0.25, -0.2) is 9.67 Å². The zero-order valence-electron chi connectivity index (χ0n) is 15.4. The molecular formula is C19H23N5O2S. The Bertz CT molecular complexity index is 889. The van der Waals surface area contributed by atoms with Crippen molar-refractivity contribution in [2.75, 3.05) is 0 Å². The van der Waals surface area contributed by atoms with Gasteiger partial charge in [-0.15, -0.1) is 16.4 Å². The second-order valence-electron chi connectivity index (χ2n) is 6.94. The van der Waals surface area contributed by atoms with Crippen LogP contribution in [0.2, 0.25) is 0 Å². The van der Waals surface area contributed by atoms with Crippen molar-refractivity contribution in [2.45, 2.75) is 58.1 Å². The number of carbonyl (C=O) groups excluding carboxylic acids is 1. The number of rotatable bonds is 6. The number of para-hydroxylation sites is 1. The highest BCUT2D eigenvalue weighted by Crippen LogP contribution is 2.41. The summed E-state index contributed by atoms with van der Waals surface area (Å²) in [7, 11) is 0. The van der Waals surface area contributed by atoms with Crippen molar-refractivity contribution in [3.8, 4) is 0 Å². The topological polar surface area (TPSA) is 82.8 Å². The molecule has 2 aromatic heterocycles. The zero-order chi connectivity index (χ0) is 18.6. The quantitative estimate of drug-likeness (QED) is 0.602. The largest absolute Gasteiger partial charge is 0.457 e. The molecule has 0 N–H and O–H groups in total. The Kier molecular flexibility index (Phi) is 5.42. The van der Waals surface area contributed by atoms with Crippen molar-refractivity contribution in [3.05, 3.63) is 35.1 Å². The lowest BCUT2D eigenvalue weighted by Crippen LogP contribution is -2.27. The molecule has 1 fully saturated rings. The average molecular weight is 385 g/mol. The molecule has 1 aliphatic rings. The summed E-state index contributed by atoms with van der Waals surface area (Å²) in [6, 6.07) is 8.13. The van der Waals surface area contributed by atoms with Crippen LogP contribution >= 0.6 is 11.3 Å². The molecule has 2 atom stereocenters. The molecular weight excluding hydrogens is 362 g/mol. The van der Waals surface area contributed by atoms with Gasteiger partial charge < -0.3 is 4.74 Å². The molecule has 3 aromatic rings. The van der Waals surface area contributed by atoms with Gasteiger partial charge in [0.15, 0.2) is 12.4 Å². The highest BCUT2D eigenvalue weighted by atomic mass is 32.1. The van der Waals surface area contributed by atoms with Crippen molar-refractivity contribution >= 4 is 27.5 Å². The molecule has 2 unspecified atom stereocenters. The Balaban J connectivity index is 1.48. The van der Waals surface area contributed by atoms with E-state index in [9.17, 15) is 4.79 Å². The van der Waals surface area contributed by atoms with E-state index < -0.39 is 0 Å². The third-order valence-electron chi connectivity index (χ3n) is 5.08. The minimum Gasteiger partial charge on any atom is -0.457 e. The van der Waals surface area contributed by atoms with E-state index >= 15 is 0 Å². The fraction of sp³-hybridized carbons (Fsp3) is 0.526. The van der Waals surface area contributed by atoms with Crippen molar-refractivity contribution in [1.29, 1.82) is 0 Å².